The van der Waals surface area contributed by atoms with Gasteiger partial charge in [-0.2, -0.15) is 5.26 Å². The summed E-state index contributed by atoms with van der Waals surface area (Å²) in [5.74, 6) is 1.53. The van der Waals surface area contributed by atoms with Crippen LogP contribution in [0.15, 0.2) is 16.5 Å². The molecule has 0 spiro atoms. The third kappa shape index (κ3) is 4.88. The molecule has 0 amide bonds. The molecule has 0 aliphatic rings. The summed E-state index contributed by atoms with van der Waals surface area (Å²) in [5.41, 5.74) is 2.23. The van der Waals surface area contributed by atoms with Crippen molar-refractivity contribution < 1.29 is 13.4 Å². The second-order valence-electron chi connectivity index (χ2n) is 4.33. The second kappa shape index (κ2) is 8.23. The van der Waals surface area contributed by atoms with E-state index in [-0.39, 0.29) is 5.92 Å². The summed E-state index contributed by atoms with van der Waals surface area (Å²) in [7, 11) is 8.95. The topological polar surface area (TPSA) is 76.1 Å². The minimum atomic E-state index is -1.67. The summed E-state index contributed by atoms with van der Waals surface area (Å²) >= 11 is 0. The van der Waals surface area contributed by atoms with E-state index in [9.17, 15) is 0 Å². The molecule has 8 heteroatoms. The lowest BCUT2D eigenvalue weighted by Gasteiger charge is -2.01. The fourth-order valence-corrected chi connectivity index (χ4v) is 1.69. The van der Waals surface area contributed by atoms with Gasteiger partial charge in [0.2, 0.25) is 9.23 Å². The SMILES string of the molecule is COc1ccc(CC#N)c2nc(C(C)C)oc12.O=S(Cl)Cl. The quantitative estimate of drug-likeness (QED) is 0.781. The Kier molecular flexibility index (Phi) is 6.96. The average Bonchev–Trinajstić information content (AvgIpc) is 2.84. The molecule has 0 saturated heterocycles. The van der Waals surface area contributed by atoms with Crippen LogP contribution in [0.2, 0.25) is 0 Å². The van der Waals surface area contributed by atoms with Crippen molar-refractivity contribution in [2.75, 3.05) is 7.11 Å². The van der Waals surface area contributed by atoms with Crippen LogP contribution in [0, 0.1) is 11.3 Å². The summed E-state index contributed by atoms with van der Waals surface area (Å²) in [4.78, 5) is 4.44. The Balaban J connectivity index is 0.000000491. The van der Waals surface area contributed by atoms with Crippen LogP contribution in [0.4, 0.5) is 0 Å². The van der Waals surface area contributed by atoms with Gasteiger partial charge >= 0.3 is 0 Å². The van der Waals surface area contributed by atoms with Crippen LogP contribution in [-0.2, 0) is 15.6 Å². The third-order valence-corrected chi connectivity index (χ3v) is 2.59. The van der Waals surface area contributed by atoms with E-state index in [1.165, 1.54) is 0 Å². The fraction of sp³-hybridized carbons (Fsp3) is 0.385. The largest absolute Gasteiger partial charge is 0.493 e. The van der Waals surface area contributed by atoms with Gasteiger partial charge in [0.15, 0.2) is 17.2 Å². The second-order valence-corrected chi connectivity index (χ2v) is 6.85. The number of ether oxygens (including phenoxy) is 1. The monoisotopic (exact) mass is 348 g/mol. The van der Waals surface area contributed by atoms with Gasteiger partial charge in [0, 0.05) is 27.3 Å². The zero-order valence-electron chi connectivity index (χ0n) is 11.7. The van der Waals surface area contributed by atoms with Crippen molar-refractivity contribution in [3.63, 3.8) is 0 Å². The zero-order chi connectivity index (χ0) is 16.0. The maximum absolute atomic E-state index is 9.09. The van der Waals surface area contributed by atoms with Crippen molar-refractivity contribution in [3.8, 4) is 11.8 Å². The molecule has 0 aliphatic carbocycles. The summed E-state index contributed by atoms with van der Waals surface area (Å²) in [6.45, 7) is 4.03. The molecule has 0 unspecified atom stereocenters. The molecule has 5 nitrogen and oxygen atoms in total. The first-order valence-corrected chi connectivity index (χ1v) is 8.78. The van der Waals surface area contributed by atoms with E-state index in [0.717, 1.165) is 11.1 Å². The van der Waals surface area contributed by atoms with Crippen LogP contribution < -0.4 is 4.74 Å². The molecular weight excluding hydrogens is 335 g/mol. The van der Waals surface area contributed by atoms with Crippen molar-refractivity contribution in [3.05, 3.63) is 23.6 Å². The Morgan fingerprint density at radius 3 is 2.57 bits per heavy atom. The molecule has 2 rings (SSSR count). The summed E-state index contributed by atoms with van der Waals surface area (Å²) in [5, 5.41) is 8.78. The van der Waals surface area contributed by atoms with E-state index in [1.54, 1.807) is 7.11 Å². The zero-order valence-corrected chi connectivity index (χ0v) is 14.1. The number of nitriles is 1. The molecule has 0 atom stereocenters. The van der Waals surface area contributed by atoms with Gasteiger partial charge in [-0.25, -0.2) is 9.19 Å². The van der Waals surface area contributed by atoms with E-state index in [4.69, 9.17) is 18.6 Å². The normalized spacial score (nSPS) is 10.4. The molecule has 2 aromatic rings. The minimum Gasteiger partial charge on any atom is -0.493 e. The van der Waals surface area contributed by atoms with Crippen molar-refractivity contribution in [2.45, 2.75) is 26.2 Å². The van der Waals surface area contributed by atoms with Crippen molar-refractivity contribution in [1.29, 1.82) is 5.26 Å². The number of methoxy groups -OCH3 is 1. The van der Waals surface area contributed by atoms with Gasteiger partial charge in [-0.05, 0) is 11.6 Å². The number of fused-ring (bicyclic) bond motifs is 1. The van der Waals surface area contributed by atoms with Gasteiger partial charge < -0.3 is 9.15 Å². The number of hydrogen-bond acceptors (Lipinski definition) is 5. The summed E-state index contributed by atoms with van der Waals surface area (Å²) in [6, 6.07) is 5.80. The highest BCUT2D eigenvalue weighted by Crippen LogP contribution is 2.31. The van der Waals surface area contributed by atoms with Gasteiger partial charge in [0.05, 0.1) is 19.6 Å². The van der Waals surface area contributed by atoms with Gasteiger partial charge in [0.25, 0.3) is 0 Å². The molecule has 1 aromatic carbocycles. The van der Waals surface area contributed by atoms with Crippen molar-refractivity contribution >= 4 is 41.7 Å². The first-order valence-electron chi connectivity index (χ1n) is 5.98. The van der Waals surface area contributed by atoms with E-state index < -0.39 is 9.23 Å². The highest BCUT2D eigenvalue weighted by atomic mass is 36.0. The Morgan fingerprint density at radius 1 is 1.48 bits per heavy atom. The van der Waals surface area contributed by atoms with Gasteiger partial charge in [0.1, 0.15) is 5.52 Å². The highest BCUT2D eigenvalue weighted by Gasteiger charge is 2.16. The van der Waals surface area contributed by atoms with Gasteiger partial charge in [-0.3, -0.25) is 0 Å². The van der Waals surface area contributed by atoms with Crippen LogP contribution in [0.5, 0.6) is 5.75 Å². The molecule has 0 N–H and O–H groups in total. The Bertz CT molecular complexity index is 676. The Morgan fingerprint density at radius 2 is 2.10 bits per heavy atom. The van der Waals surface area contributed by atoms with Crippen LogP contribution in [0.3, 0.4) is 0 Å². The third-order valence-electron chi connectivity index (χ3n) is 2.59. The smallest absolute Gasteiger partial charge is 0.211 e. The van der Waals surface area contributed by atoms with Crippen LogP contribution in [0.25, 0.3) is 11.1 Å². The average molecular weight is 349 g/mol. The molecule has 0 aliphatic heterocycles. The minimum absolute atomic E-state index is 0.210. The standard InChI is InChI=1S/C13H14N2O2.Cl2OS/c1-8(2)13-15-11-9(6-7-14)4-5-10(16-3)12(11)17-13;1-4(2)3/h4-5,8H,6H2,1-3H3;. The lowest BCUT2D eigenvalue weighted by molar-refractivity contribution is 0.404. The maximum atomic E-state index is 9.09. The van der Waals surface area contributed by atoms with Crippen molar-refractivity contribution in [2.24, 2.45) is 0 Å². The van der Waals surface area contributed by atoms with E-state index in [2.05, 4.69) is 32.4 Å². The number of oxazole rings is 1. The van der Waals surface area contributed by atoms with E-state index in [1.807, 2.05) is 26.0 Å². The highest BCUT2D eigenvalue weighted by molar-refractivity contribution is 8.26. The molecular formula is C13H14Cl2N2O3S. The van der Waals surface area contributed by atoms with Crippen LogP contribution in [-0.4, -0.2) is 16.3 Å². The Labute approximate surface area is 134 Å². The molecule has 0 bridgehead atoms. The summed E-state index contributed by atoms with van der Waals surface area (Å²) in [6.07, 6.45) is 0.324. The predicted molar refractivity (Wildman–Crippen MR) is 83.8 cm³/mol. The lowest BCUT2D eigenvalue weighted by Crippen LogP contribution is -1.89. The summed E-state index contributed by atoms with van der Waals surface area (Å²) < 4.78 is 20.0. The van der Waals surface area contributed by atoms with Crippen LogP contribution >= 0.6 is 21.4 Å². The molecule has 1 heterocycles. The predicted octanol–water partition coefficient (Wildman–Crippen LogP) is 4.07. The lowest BCUT2D eigenvalue weighted by atomic mass is 10.1. The van der Waals surface area contributed by atoms with E-state index >= 15 is 0 Å². The number of rotatable bonds is 3. The van der Waals surface area contributed by atoms with Gasteiger partial charge in [-0.15, -0.1) is 0 Å². The molecule has 114 valence electrons. The maximum Gasteiger partial charge on any atom is 0.211 e. The first kappa shape index (κ1) is 17.8. The fourth-order valence-electron chi connectivity index (χ4n) is 1.69. The van der Waals surface area contributed by atoms with Gasteiger partial charge in [-0.1, -0.05) is 19.9 Å². The number of hydrogen-bond donors (Lipinski definition) is 0. The first-order chi connectivity index (χ1) is 9.90. The number of halogens is 2. The van der Waals surface area contributed by atoms with Crippen molar-refractivity contribution in [1.82, 2.24) is 4.98 Å². The van der Waals surface area contributed by atoms with E-state index in [0.29, 0.717) is 23.6 Å². The molecule has 1 aromatic heterocycles. The number of aromatic nitrogens is 1. The number of benzene rings is 1. The molecule has 0 radical (unpaired) electrons. The number of nitrogens with zero attached hydrogens (tertiary/aromatic N) is 2. The molecule has 21 heavy (non-hydrogen) atoms. The molecule has 0 saturated carbocycles. The van der Waals surface area contributed by atoms with Crippen LogP contribution in [0.1, 0.15) is 31.2 Å². The Hall–Kier alpha value is -1.29. The molecule has 0 fully saturated rings.